The molecule has 0 aromatic rings. The molecule has 0 aromatic heterocycles. The molecule has 0 radical (unpaired) electrons. The third-order valence-electron chi connectivity index (χ3n) is 3.56. The van der Waals surface area contributed by atoms with Crippen LogP contribution in [0.3, 0.4) is 0 Å². The van der Waals surface area contributed by atoms with Crippen molar-refractivity contribution in [3.8, 4) is 0 Å². The fourth-order valence-electron chi connectivity index (χ4n) is 2.54. The minimum Gasteiger partial charge on any atom is -0.340 e. The lowest BCUT2D eigenvalue weighted by Gasteiger charge is -2.29. The second-order valence-electron chi connectivity index (χ2n) is 5.12. The van der Waals surface area contributed by atoms with Gasteiger partial charge in [-0.3, -0.25) is 9.59 Å². The Morgan fingerprint density at radius 3 is 2.53 bits per heavy atom. The van der Waals surface area contributed by atoms with Gasteiger partial charge >= 0.3 is 0 Å². The van der Waals surface area contributed by atoms with E-state index < -0.39 is 0 Å². The van der Waals surface area contributed by atoms with E-state index in [-0.39, 0.29) is 23.8 Å². The van der Waals surface area contributed by atoms with E-state index in [1.165, 1.54) is 0 Å². The molecule has 96 valence electrons. The zero-order chi connectivity index (χ0) is 12.4. The van der Waals surface area contributed by atoms with E-state index in [0.717, 1.165) is 26.2 Å². The van der Waals surface area contributed by atoms with Crippen LogP contribution in [-0.2, 0) is 9.59 Å². The first kappa shape index (κ1) is 12.4. The Morgan fingerprint density at radius 2 is 2.00 bits per heavy atom. The van der Waals surface area contributed by atoms with Crippen LogP contribution in [0.1, 0.15) is 20.3 Å². The third-order valence-corrected chi connectivity index (χ3v) is 3.56. The van der Waals surface area contributed by atoms with E-state index in [4.69, 9.17) is 0 Å². The molecule has 2 fully saturated rings. The number of piperazine rings is 1. The smallest absolute Gasteiger partial charge is 0.228 e. The van der Waals surface area contributed by atoms with Crippen molar-refractivity contribution in [1.82, 2.24) is 15.1 Å². The molecule has 2 aliphatic rings. The van der Waals surface area contributed by atoms with Crippen LogP contribution < -0.4 is 5.32 Å². The summed E-state index contributed by atoms with van der Waals surface area (Å²) < 4.78 is 0. The van der Waals surface area contributed by atoms with E-state index in [9.17, 15) is 9.59 Å². The van der Waals surface area contributed by atoms with Crippen LogP contribution in [-0.4, -0.2) is 60.4 Å². The molecule has 5 heteroatoms. The molecule has 2 amide bonds. The fourth-order valence-corrected chi connectivity index (χ4v) is 2.54. The van der Waals surface area contributed by atoms with E-state index in [1.807, 2.05) is 23.6 Å². The average molecular weight is 239 g/mol. The predicted octanol–water partition coefficient (Wildman–Crippen LogP) is -0.325. The predicted molar refractivity (Wildman–Crippen MR) is 64.4 cm³/mol. The minimum absolute atomic E-state index is 0.119. The fraction of sp³-hybridized carbons (Fsp3) is 0.833. The van der Waals surface area contributed by atoms with Crippen LogP contribution in [0.4, 0.5) is 0 Å². The molecule has 0 saturated carbocycles. The van der Waals surface area contributed by atoms with Crippen LogP contribution >= 0.6 is 0 Å². The van der Waals surface area contributed by atoms with Gasteiger partial charge in [0.25, 0.3) is 0 Å². The summed E-state index contributed by atoms with van der Waals surface area (Å²) in [4.78, 5) is 27.7. The van der Waals surface area contributed by atoms with Gasteiger partial charge in [0.1, 0.15) is 0 Å². The third kappa shape index (κ3) is 2.60. The van der Waals surface area contributed by atoms with Crippen LogP contribution in [0, 0.1) is 5.92 Å². The molecule has 2 saturated heterocycles. The van der Waals surface area contributed by atoms with Gasteiger partial charge in [0, 0.05) is 45.2 Å². The van der Waals surface area contributed by atoms with Gasteiger partial charge in [0.05, 0.1) is 5.92 Å². The highest BCUT2D eigenvalue weighted by Gasteiger charge is 2.37. The van der Waals surface area contributed by atoms with Gasteiger partial charge in [-0.1, -0.05) is 0 Å². The number of hydrogen-bond donors (Lipinski definition) is 1. The zero-order valence-electron chi connectivity index (χ0n) is 10.6. The summed E-state index contributed by atoms with van der Waals surface area (Å²) >= 11 is 0. The molecule has 5 nitrogen and oxygen atoms in total. The first-order chi connectivity index (χ1) is 8.09. The number of amides is 2. The number of carbonyl (C=O) groups is 2. The summed E-state index contributed by atoms with van der Waals surface area (Å²) in [5.74, 6) is 0.152. The van der Waals surface area contributed by atoms with E-state index in [2.05, 4.69) is 5.32 Å². The number of nitrogens with zero attached hydrogens (tertiary/aromatic N) is 2. The van der Waals surface area contributed by atoms with E-state index in [0.29, 0.717) is 13.0 Å². The molecule has 0 bridgehead atoms. The molecule has 2 rings (SSSR count). The zero-order valence-corrected chi connectivity index (χ0v) is 10.6. The van der Waals surface area contributed by atoms with Crippen molar-refractivity contribution in [1.29, 1.82) is 0 Å². The van der Waals surface area contributed by atoms with Gasteiger partial charge in [-0.15, -0.1) is 0 Å². The van der Waals surface area contributed by atoms with Crippen molar-refractivity contribution >= 4 is 11.8 Å². The monoisotopic (exact) mass is 239 g/mol. The lowest BCUT2D eigenvalue weighted by molar-refractivity contribution is -0.136. The van der Waals surface area contributed by atoms with Crippen molar-refractivity contribution in [2.45, 2.75) is 26.3 Å². The van der Waals surface area contributed by atoms with Gasteiger partial charge < -0.3 is 15.1 Å². The summed E-state index contributed by atoms with van der Waals surface area (Å²) in [6.45, 7) is 7.85. The second kappa shape index (κ2) is 5.04. The second-order valence-corrected chi connectivity index (χ2v) is 5.12. The van der Waals surface area contributed by atoms with Crippen LogP contribution in [0.15, 0.2) is 0 Å². The number of hydrogen-bond acceptors (Lipinski definition) is 3. The number of carbonyl (C=O) groups excluding carboxylic acids is 2. The lowest BCUT2D eigenvalue weighted by atomic mass is 10.1. The summed E-state index contributed by atoms with van der Waals surface area (Å²) in [5, 5.41) is 3.22. The Bertz CT molecular complexity index is 311. The van der Waals surface area contributed by atoms with Crippen molar-refractivity contribution in [2.75, 3.05) is 32.7 Å². The summed E-state index contributed by atoms with van der Waals surface area (Å²) in [6.07, 6.45) is 0.390. The van der Waals surface area contributed by atoms with Crippen molar-refractivity contribution in [3.63, 3.8) is 0 Å². The molecule has 17 heavy (non-hydrogen) atoms. The molecule has 2 heterocycles. The Morgan fingerprint density at radius 1 is 1.35 bits per heavy atom. The summed E-state index contributed by atoms with van der Waals surface area (Å²) in [7, 11) is 0. The van der Waals surface area contributed by atoms with E-state index in [1.54, 1.807) is 0 Å². The summed E-state index contributed by atoms with van der Waals surface area (Å²) in [6, 6.07) is 0.198. The van der Waals surface area contributed by atoms with E-state index >= 15 is 0 Å². The molecule has 0 aliphatic carbocycles. The largest absolute Gasteiger partial charge is 0.340 e. The van der Waals surface area contributed by atoms with Crippen molar-refractivity contribution in [3.05, 3.63) is 0 Å². The molecule has 1 atom stereocenters. The van der Waals surface area contributed by atoms with Crippen molar-refractivity contribution in [2.24, 2.45) is 5.92 Å². The molecule has 2 aliphatic heterocycles. The molecule has 0 aromatic carbocycles. The summed E-state index contributed by atoms with van der Waals surface area (Å²) in [5.41, 5.74) is 0. The maximum Gasteiger partial charge on any atom is 0.228 e. The average Bonchev–Trinajstić information content (AvgIpc) is 2.71. The minimum atomic E-state index is -0.122. The quantitative estimate of drug-likeness (QED) is 0.718. The Balaban J connectivity index is 1.95. The Kier molecular flexibility index (Phi) is 3.66. The molecular formula is C12H21N3O2. The highest BCUT2D eigenvalue weighted by atomic mass is 16.2. The topological polar surface area (TPSA) is 52.7 Å². The number of likely N-dealkylation sites (tertiary alicyclic amines) is 1. The molecule has 1 N–H and O–H groups in total. The first-order valence-electron chi connectivity index (χ1n) is 6.38. The maximum atomic E-state index is 12.2. The van der Waals surface area contributed by atoms with Crippen LogP contribution in [0.2, 0.25) is 0 Å². The van der Waals surface area contributed by atoms with Gasteiger partial charge in [-0.25, -0.2) is 0 Å². The molecule has 1 unspecified atom stereocenters. The van der Waals surface area contributed by atoms with Gasteiger partial charge in [-0.2, -0.15) is 0 Å². The standard InChI is InChI=1S/C12H21N3O2/c1-9(2)15-8-10(7-11(15)16)12(17)14-5-3-13-4-6-14/h9-10,13H,3-8H2,1-2H3. The number of rotatable bonds is 2. The Labute approximate surface area is 102 Å². The molecular weight excluding hydrogens is 218 g/mol. The maximum absolute atomic E-state index is 12.2. The van der Waals surface area contributed by atoms with Gasteiger partial charge in [-0.05, 0) is 13.8 Å². The van der Waals surface area contributed by atoms with Gasteiger partial charge in [0.2, 0.25) is 11.8 Å². The van der Waals surface area contributed by atoms with Crippen LogP contribution in [0.25, 0.3) is 0 Å². The molecule has 0 spiro atoms. The van der Waals surface area contributed by atoms with Gasteiger partial charge in [0.15, 0.2) is 0 Å². The Hall–Kier alpha value is -1.10. The SMILES string of the molecule is CC(C)N1CC(C(=O)N2CCNCC2)CC1=O. The highest BCUT2D eigenvalue weighted by Crippen LogP contribution is 2.22. The first-order valence-corrected chi connectivity index (χ1v) is 6.38. The van der Waals surface area contributed by atoms with Crippen LogP contribution in [0.5, 0.6) is 0 Å². The lowest BCUT2D eigenvalue weighted by Crippen LogP contribution is -2.48. The normalized spacial score (nSPS) is 25.8. The van der Waals surface area contributed by atoms with Crippen molar-refractivity contribution < 1.29 is 9.59 Å². The highest BCUT2D eigenvalue weighted by molar-refractivity contribution is 5.89. The number of nitrogens with one attached hydrogen (secondary N) is 1.